The fourth-order valence-electron chi connectivity index (χ4n) is 2.33. The van der Waals surface area contributed by atoms with Crippen LogP contribution < -0.4 is 5.32 Å². The van der Waals surface area contributed by atoms with Crippen molar-refractivity contribution in [2.75, 3.05) is 5.32 Å². The van der Waals surface area contributed by atoms with Gasteiger partial charge in [-0.25, -0.2) is 0 Å². The summed E-state index contributed by atoms with van der Waals surface area (Å²) in [5.41, 5.74) is 0. The number of aliphatic carboxylic acids is 1. The van der Waals surface area contributed by atoms with Gasteiger partial charge in [-0.05, 0) is 25.0 Å². The normalized spacial score (nSPS) is 23.3. The molecule has 0 spiro atoms. The largest absolute Gasteiger partial charge is 0.481 e. The molecule has 96 valence electrons. The molecule has 0 aliphatic heterocycles. The molecule has 1 fully saturated rings. The van der Waals surface area contributed by atoms with Gasteiger partial charge in [0, 0.05) is 6.20 Å². The Hall–Kier alpha value is -1.98. The molecule has 1 aliphatic carbocycles. The predicted molar refractivity (Wildman–Crippen MR) is 63.7 cm³/mol. The maximum Gasteiger partial charge on any atom is 0.307 e. The quantitative estimate of drug-likeness (QED) is 0.842. The zero-order valence-corrected chi connectivity index (χ0v) is 9.87. The van der Waals surface area contributed by atoms with Crippen molar-refractivity contribution in [2.24, 2.45) is 11.8 Å². The predicted octanol–water partition coefficient (Wildman–Crippen LogP) is 1.31. The van der Waals surface area contributed by atoms with Gasteiger partial charge in [-0.2, -0.15) is 5.10 Å². The van der Waals surface area contributed by atoms with Crippen LogP contribution in [0.2, 0.25) is 0 Å². The van der Waals surface area contributed by atoms with Gasteiger partial charge in [-0.15, -0.1) is 5.10 Å². The summed E-state index contributed by atoms with van der Waals surface area (Å²) in [4.78, 5) is 23.2. The van der Waals surface area contributed by atoms with Crippen LogP contribution in [0.5, 0.6) is 0 Å². The van der Waals surface area contributed by atoms with E-state index in [1.165, 1.54) is 6.20 Å². The van der Waals surface area contributed by atoms with Gasteiger partial charge in [0.2, 0.25) is 5.91 Å². The molecule has 1 amide bonds. The van der Waals surface area contributed by atoms with E-state index in [0.717, 1.165) is 12.8 Å². The van der Waals surface area contributed by atoms with Crippen molar-refractivity contribution in [1.29, 1.82) is 0 Å². The zero-order valence-electron chi connectivity index (χ0n) is 9.87. The number of amides is 1. The Morgan fingerprint density at radius 1 is 1.28 bits per heavy atom. The molecule has 0 aromatic carbocycles. The first-order valence-electron chi connectivity index (χ1n) is 6.00. The smallest absolute Gasteiger partial charge is 0.307 e. The van der Waals surface area contributed by atoms with Crippen molar-refractivity contribution in [3.8, 4) is 0 Å². The summed E-state index contributed by atoms with van der Waals surface area (Å²) in [6, 6.07) is 3.29. The Morgan fingerprint density at radius 2 is 2.00 bits per heavy atom. The van der Waals surface area contributed by atoms with Gasteiger partial charge < -0.3 is 10.4 Å². The topological polar surface area (TPSA) is 92.2 Å². The second kappa shape index (κ2) is 5.57. The van der Waals surface area contributed by atoms with E-state index in [9.17, 15) is 9.59 Å². The fourth-order valence-corrected chi connectivity index (χ4v) is 2.33. The average molecular weight is 249 g/mol. The van der Waals surface area contributed by atoms with Crippen molar-refractivity contribution >= 4 is 17.7 Å². The number of aromatic nitrogens is 2. The molecule has 6 nitrogen and oxygen atoms in total. The Labute approximate surface area is 104 Å². The van der Waals surface area contributed by atoms with Crippen molar-refractivity contribution < 1.29 is 14.7 Å². The molecule has 2 atom stereocenters. The van der Waals surface area contributed by atoms with E-state index < -0.39 is 17.8 Å². The van der Waals surface area contributed by atoms with Crippen LogP contribution in [0.25, 0.3) is 0 Å². The molecule has 0 bridgehead atoms. The van der Waals surface area contributed by atoms with Gasteiger partial charge in [-0.1, -0.05) is 12.8 Å². The van der Waals surface area contributed by atoms with Crippen molar-refractivity contribution in [3.63, 3.8) is 0 Å². The van der Waals surface area contributed by atoms with Crippen molar-refractivity contribution in [3.05, 3.63) is 18.3 Å². The first-order chi connectivity index (χ1) is 8.68. The van der Waals surface area contributed by atoms with E-state index in [-0.39, 0.29) is 5.91 Å². The Morgan fingerprint density at radius 3 is 2.61 bits per heavy atom. The second-order valence-electron chi connectivity index (χ2n) is 4.43. The molecule has 0 saturated heterocycles. The number of rotatable bonds is 3. The minimum atomic E-state index is -0.894. The maximum atomic E-state index is 12.0. The van der Waals surface area contributed by atoms with Gasteiger partial charge in [0.25, 0.3) is 0 Å². The molecule has 2 N–H and O–H groups in total. The highest BCUT2D eigenvalue weighted by atomic mass is 16.4. The SMILES string of the molecule is O=C(O)C1CCCCC1C(=O)Nc1cccnn1. The minimum Gasteiger partial charge on any atom is -0.481 e. The van der Waals surface area contributed by atoms with Gasteiger partial charge in [-0.3, -0.25) is 9.59 Å². The second-order valence-corrected chi connectivity index (χ2v) is 4.43. The number of carboxylic acids is 1. The number of hydrogen-bond donors (Lipinski definition) is 2. The molecule has 1 aromatic rings. The van der Waals surface area contributed by atoms with Gasteiger partial charge in [0.15, 0.2) is 5.82 Å². The third-order valence-corrected chi connectivity index (χ3v) is 3.24. The summed E-state index contributed by atoms with van der Waals surface area (Å²) >= 11 is 0. The van der Waals surface area contributed by atoms with Crippen LogP contribution in [0.3, 0.4) is 0 Å². The van der Waals surface area contributed by atoms with Gasteiger partial charge in [0.1, 0.15) is 0 Å². The molecule has 1 aromatic heterocycles. The van der Waals surface area contributed by atoms with E-state index in [1.54, 1.807) is 12.1 Å². The minimum absolute atomic E-state index is 0.275. The summed E-state index contributed by atoms with van der Waals surface area (Å²) in [6.45, 7) is 0. The number of carbonyl (C=O) groups excluding carboxylic acids is 1. The first-order valence-corrected chi connectivity index (χ1v) is 6.00. The van der Waals surface area contributed by atoms with E-state index in [1.807, 2.05) is 0 Å². The lowest BCUT2D eigenvalue weighted by Gasteiger charge is -2.27. The highest BCUT2D eigenvalue weighted by molar-refractivity contribution is 5.94. The Bertz CT molecular complexity index is 435. The summed E-state index contributed by atoms with van der Waals surface area (Å²) in [6.07, 6.45) is 4.45. The molecule has 2 unspecified atom stereocenters. The molecule has 18 heavy (non-hydrogen) atoms. The molecular weight excluding hydrogens is 234 g/mol. The lowest BCUT2D eigenvalue weighted by Crippen LogP contribution is -2.36. The van der Waals surface area contributed by atoms with Crippen LogP contribution in [-0.4, -0.2) is 27.2 Å². The van der Waals surface area contributed by atoms with Crippen LogP contribution in [0.15, 0.2) is 18.3 Å². The molecule has 1 aliphatic rings. The molecule has 6 heteroatoms. The van der Waals surface area contributed by atoms with E-state index in [4.69, 9.17) is 5.11 Å². The standard InChI is InChI=1S/C12H15N3O3/c16-11(14-10-6-3-7-13-15-10)8-4-1-2-5-9(8)12(17)18/h3,6-9H,1-2,4-5H2,(H,17,18)(H,14,15,16). The van der Waals surface area contributed by atoms with Crippen molar-refractivity contribution in [1.82, 2.24) is 10.2 Å². The Kier molecular flexibility index (Phi) is 3.86. The van der Waals surface area contributed by atoms with E-state index >= 15 is 0 Å². The molecule has 0 radical (unpaired) electrons. The molecule has 2 rings (SSSR count). The third kappa shape index (κ3) is 2.82. The van der Waals surface area contributed by atoms with E-state index in [0.29, 0.717) is 18.7 Å². The summed E-state index contributed by atoms with van der Waals surface area (Å²) in [5.74, 6) is -1.87. The highest BCUT2D eigenvalue weighted by Gasteiger charge is 2.35. The van der Waals surface area contributed by atoms with Crippen molar-refractivity contribution in [2.45, 2.75) is 25.7 Å². The van der Waals surface area contributed by atoms with Crippen LogP contribution in [0, 0.1) is 11.8 Å². The number of carboxylic acid groups (broad SMARTS) is 1. The number of nitrogens with one attached hydrogen (secondary N) is 1. The number of carbonyl (C=O) groups is 2. The zero-order chi connectivity index (χ0) is 13.0. The summed E-state index contributed by atoms with van der Waals surface area (Å²) in [5, 5.41) is 19.1. The monoisotopic (exact) mass is 249 g/mol. The van der Waals surface area contributed by atoms with Crippen LogP contribution in [0.4, 0.5) is 5.82 Å². The maximum absolute atomic E-state index is 12.0. The molecule has 1 heterocycles. The van der Waals surface area contributed by atoms with Crippen LogP contribution in [-0.2, 0) is 9.59 Å². The Balaban J connectivity index is 2.05. The molecular formula is C12H15N3O3. The summed E-state index contributed by atoms with van der Waals surface area (Å²) < 4.78 is 0. The number of anilines is 1. The lowest BCUT2D eigenvalue weighted by molar-refractivity contribution is -0.147. The lowest BCUT2D eigenvalue weighted by atomic mass is 9.79. The first kappa shape index (κ1) is 12.5. The average Bonchev–Trinajstić information content (AvgIpc) is 2.40. The van der Waals surface area contributed by atoms with Gasteiger partial charge >= 0.3 is 5.97 Å². The molecule has 1 saturated carbocycles. The van der Waals surface area contributed by atoms with E-state index in [2.05, 4.69) is 15.5 Å². The van der Waals surface area contributed by atoms with Crippen LogP contribution >= 0.6 is 0 Å². The summed E-state index contributed by atoms with van der Waals surface area (Å²) in [7, 11) is 0. The number of nitrogens with zero attached hydrogens (tertiary/aromatic N) is 2. The third-order valence-electron chi connectivity index (χ3n) is 3.24. The van der Waals surface area contributed by atoms with Crippen LogP contribution in [0.1, 0.15) is 25.7 Å². The van der Waals surface area contributed by atoms with Gasteiger partial charge in [0.05, 0.1) is 11.8 Å². The number of hydrogen-bond acceptors (Lipinski definition) is 4. The fraction of sp³-hybridized carbons (Fsp3) is 0.500. The highest BCUT2D eigenvalue weighted by Crippen LogP contribution is 2.31.